The Bertz CT molecular complexity index is 2070. The second-order valence-corrected chi connectivity index (χ2v) is 14.6. The summed E-state index contributed by atoms with van der Waals surface area (Å²) in [6.45, 7) is 1.84. The molecule has 1 aromatic heterocycles. The number of hydrogen-bond donors (Lipinski definition) is 2. The van der Waals surface area contributed by atoms with Crippen molar-refractivity contribution in [1.29, 1.82) is 0 Å². The van der Waals surface area contributed by atoms with Crippen molar-refractivity contribution >= 4 is 39.1 Å². The molecule has 1 atom stereocenters. The number of hydrogen-bond acceptors (Lipinski definition) is 4. The number of aliphatic hydroxyl groups is 1. The van der Waals surface area contributed by atoms with E-state index in [1.165, 1.54) is 18.2 Å². The second-order valence-electron chi connectivity index (χ2n) is 12.2. The van der Waals surface area contributed by atoms with Crippen LogP contribution in [0.1, 0.15) is 55.0 Å². The monoisotopic (exact) mass is 684 g/mol. The lowest BCUT2D eigenvalue weighted by molar-refractivity contribution is 0.320. The number of nitrogens with one attached hydrogen (secondary N) is 1. The molecule has 1 fully saturated rings. The van der Waals surface area contributed by atoms with Crippen molar-refractivity contribution in [3.63, 3.8) is 0 Å². The number of rotatable bonds is 7. The van der Waals surface area contributed by atoms with Crippen LogP contribution in [0.25, 0.3) is 28.1 Å². The molecule has 2 N–H and O–H groups in total. The Labute approximate surface area is 285 Å². The van der Waals surface area contributed by atoms with Crippen LogP contribution < -0.4 is 9.03 Å². The van der Waals surface area contributed by atoms with E-state index in [9.17, 15) is 13.5 Å². The zero-order valence-electron chi connectivity index (χ0n) is 25.8. The van der Waals surface area contributed by atoms with Crippen molar-refractivity contribution in [2.45, 2.75) is 44.9 Å². The number of nitrogens with zero attached hydrogens (tertiary/aromatic N) is 3. The van der Waals surface area contributed by atoms with Crippen LogP contribution >= 0.6 is 23.2 Å². The van der Waals surface area contributed by atoms with Gasteiger partial charge in [-0.1, -0.05) is 103 Å². The van der Waals surface area contributed by atoms with Crippen LogP contribution in [0.15, 0.2) is 109 Å². The normalized spacial score (nSPS) is 16.9. The maximum absolute atomic E-state index is 12.9. The van der Waals surface area contributed by atoms with E-state index in [-0.39, 0.29) is 5.92 Å². The molecule has 0 radical (unpaired) electrons. The summed E-state index contributed by atoms with van der Waals surface area (Å²) in [6, 6.07) is 30.2. The first kappa shape index (κ1) is 31.4. The maximum atomic E-state index is 12.9. The summed E-state index contributed by atoms with van der Waals surface area (Å²) in [5.41, 5.74) is 6.81. The van der Waals surface area contributed by atoms with E-state index in [1.54, 1.807) is 12.1 Å². The van der Waals surface area contributed by atoms with Gasteiger partial charge in [-0.3, -0.25) is 0 Å². The van der Waals surface area contributed by atoms with Gasteiger partial charge in [0.1, 0.15) is 5.82 Å². The fraction of sp³-hybridized carbons (Fsp3) is 0.216. The van der Waals surface area contributed by atoms with Gasteiger partial charge in [0.05, 0.1) is 22.6 Å². The molecule has 1 unspecified atom stereocenters. The van der Waals surface area contributed by atoms with E-state index in [0.29, 0.717) is 27.3 Å². The van der Waals surface area contributed by atoms with Gasteiger partial charge < -0.3 is 9.67 Å². The Hall–Kier alpha value is -4.24. The zero-order chi connectivity index (χ0) is 32.7. The van der Waals surface area contributed by atoms with E-state index in [4.69, 9.17) is 28.2 Å². The molecule has 0 saturated heterocycles. The van der Waals surface area contributed by atoms with Gasteiger partial charge >= 0.3 is 10.2 Å². The van der Waals surface area contributed by atoms with Gasteiger partial charge in [0.2, 0.25) is 5.88 Å². The topological polar surface area (TPSA) is 87.5 Å². The summed E-state index contributed by atoms with van der Waals surface area (Å²) in [4.78, 5) is 5.31. The number of imidazole rings is 1. The highest BCUT2D eigenvalue weighted by Gasteiger charge is 2.33. The van der Waals surface area contributed by atoms with Crippen molar-refractivity contribution in [2.24, 2.45) is 5.92 Å². The molecule has 0 bridgehead atoms. The third-order valence-corrected chi connectivity index (χ3v) is 11.0. The van der Waals surface area contributed by atoms with E-state index in [2.05, 4.69) is 45.7 Å². The largest absolute Gasteiger partial charge is 0.493 e. The minimum Gasteiger partial charge on any atom is -0.493 e. The van der Waals surface area contributed by atoms with Crippen molar-refractivity contribution in [1.82, 2.24) is 14.3 Å². The summed E-state index contributed by atoms with van der Waals surface area (Å²) in [6.07, 6.45) is 8.84. The second kappa shape index (κ2) is 12.8. The minimum absolute atomic E-state index is 0.0363. The summed E-state index contributed by atoms with van der Waals surface area (Å²) in [7, 11) is -3.99. The molecule has 1 aliphatic carbocycles. The van der Waals surface area contributed by atoms with Gasteiger partial charge in [-0.25, -0.2) is 14.0 Å². The number of aliphatic hydroxyl groups excluding tert-OH is 1. The van der Waals surface area contributed by atoms with Crippen LogP contribution in [0.4, 0.5) is 5.69 Å². The molecule has 4 aromatic carbocycles. The predicted octanol–water partition coefficient (Wildman–Crippen LogP) is 9.55. The quantitative estimate of drug-likeness (QED) is 0.179. The Morgan fingerprint density at radius 1 is 0.894 bits per heavy atom. The van der Waals surface area contributed by atoms with Crippen LogP contribution in [0.2, 0.25) is 10.0 Å². The molecule has 1 aliphatic heterocycles. The molecule has 2 heterocycles. The molecule has 240 valence electrons. The molecular formula is C37H34Cl2N4O3S. The van der Waals surface area contributed by atoms with Crippen molar-refractivity contribution in [3.8, 4) is 28.1 Å². The van der Waals surface area contributed by atoms with E-state index in [0.717, 1.165) is 63.8 Å². The van der Waals surface area contributed by atoms with Crippen molar-refractivity contribution in [3.05, 3.63) is 136 Å². The van der Waals surface area contributed by atoms with Crippen LogP contribution in [0.3, 0.4) is 0 Å². The smallest absolute Gasteiger partial charge is 0.330 e. The molecule has 47 heavy (non-hydrogen) atoms. The Kier molecular flexibility index (Phi) is 8.51. The van der Waals surface area contributed by atoms with Crippen LogP contribution in [0.5, 0.6) is 0 Å². The standard InChI is InChI=1S/C37H34Cl2N4O3S/c1-24-12-18-30(21-34(24)43-23-35(44)41-47(43,45)46)42-22-33(31-19-17-29(38)20-32(31)39)40-37(42)36(27-10-6-3-7-11-27)28-15-13-26(14-16-28)25-8-4-2-5-9-25/h2,4-5,8-9,12-23,27,36,41,44H,3,6-7,10-11H2,1H3. The van der Waals surface area contributed by atoms with Gasteiger partial charge in [0, 0.05) is 28.4 Å². The van der Waals surface area contributed by atoms with E-state index in [1.807, 2.05) is 55.6 Å². The molecule has 5 aromatic rings. The zero-order valence-corrected chi connectivity index (χ0v) is 28.1. The Morgan fingerprint density at radius 3 is 2.30 bits per heavy atom. The first-order chi connectivity index (χ1) is 22.7. The molecule has 10 heteroatoms. The first-order valence-corrected chi connectivity index (χ1v) is 17.9. The average molecular weight is 686 g/mol. The molecule has 7 nitrogen and oxygen atoms in total. The predicted molar refractivity (Wildman–Crippen MR) is 189 cm³/mol. The fourth-order valence-electron chi connectivity index (χ4n) is 6.83. The first-order valence-electron chi connectivity index (χ1n) is 15.7. The van der Waals surface area contributed by atoms with Gasteiger partial charge in [-0.05, 0) is 78.3 Å². The van der Waals surface area contributed by atoms with Gasteiger partial charge in [-0.2, -0.15) is 8.42 Å². The van der Waals surface area contributed by atoms with Crippen LogP contribution in [-0.4, -0.2) is 23.1 Å². The Morgan fingerprint density at radius 2 is 1.62 bits per heavy atom. The van der Waals surface area contributed by atoms with E-state index < -0.39 is 16.1 Å². The van der Waals surface area contributed by atoms with Crippen LogP contribution in [0, 0.1) is 12.8 Å². The Balaban J connectivity index is 1.41. The number of benzene rings is 4. The van der Waals surface area contributed by atoms with Crippen molar-refractivity contribution in [2.75, 3.05) is 4.31 Å². The summed E-state index contributed by atoms with van der Waals surface area (Å²) in [5, 5.41) is 11.1. The highest BCUT2D eigenvalue weighted by Crippen LogP contribution is 2.43. The summed E-state index contributed by atoms with van der Waals surface area (Å²) in [5.74, 6) is 0.731. The molecule has 7 rings (SSSR count). The van der Waals surface area contributed by atoms with Gasteiger partial charge in [-0.15, -0.1) is 0 Å². The van der Waals surface area contributed by atoms with Crippen LogP contribution in [-0.2, 0) is 10.2 Å². The average Bonchev–Trinajstić information content (AvgIpc) is 3.61. The lowest BCUT2D eigenvalue weighted by Crippen LogP contribution is -2.30. The molecular weight excluding hydrogens is 651 g/mol. The molecule has 1 saturated carbocycles. The third-order valence-electron chi connectivity index (χ3n) is 9.16. The number of anilines is 1. The fourth-order valence-corrected chi connectivity index (χ4v) is 8.45. The van der Waals surface area contributed by atoms with Crippen molar-refractivity contribution < 1.29 is 13.5 Å². The lowest BCUT2D eigenvalue weighted by atomic mass is 9.76. The molecule has 2 aliphatic rings. The van der Waals surface area contributed by atoms with Gasteiger partial charge in [0.15, 0.2) is 0 Å². The minimum atomic E-state index is -3.99. The highest BCUT2D eigenvalue weighted by atomic mass is 35.5. The number of aryl methyl sites for hydroxylation is 1. The lowest BCUT2D eigenvalue weighted by Gasteiger charge is -2.31. The maximum Gasteiger partial charge on any atom is 0.330 e. The summed E-state index contributed by atoms with van der Waals surface area (Å²) < 4.78 is 31.0. The number of aromatic nitrogens is 2. The number of halogens is 2. The van der Waals surface area contributed by atoms with E-state index >= 15 is 0 Å². The molecule has 0 spiro atoms. The summed E-state index contributed by atoms with van der Waals surface area (Å²) >= 11 is 13.0. The van der Waals surface area contributed by atoms with Gasteiger partial charge in [0.25, 0.3) is 0 Å². The SMILES string of the molecule is Cc1ccc(-n2cc(-c3ccc(Cl)cc3Cl)nc2C(c2ccc(-c3ccccc3)cc2)C2CCCCC2)cc1N1C=C(O)NS1(=O)=O. The highest BCUT2D eigenvalue weighted by molar-refractivity contribution is 7.91. The third kappa shape index (κ3) is 6.25. The molecule has 0 amide bonds.